The lowest BCUT2D eigenvalue weighted by molar-refractivity contribution is -0.132. The summed E-state index contributed by atoms with van der Waals surface area (Å²) < 4.78 is 5.95. The summed E-state index contributed by atoms with van der Waals surface area (Å²) in [5, 5.41) is 11.5. The van der Waals surface area contributed by atoms with Crippen LogP contribution in [0.15, 0.2) is 58.7 Å². The maximum atomic E-state index is 11.8. The Morgan fingerprint density at radius 3 is 2.54 bits per heavy atom. The van der Waals surface area contributed by atoms with Crippen LogP contribution in [0.3, 0.4) is 0 Å². The lowest BCUT2D eigenvalue weighted by atomic mass is 10.1. The van der Waals surface area contributed by atoms with E-state index in [9.17, 15) is 14.7 Å². The van der Waals surface area contributed by atoms with E-state index in [0.717, 1.165) is 15.6 Å². The van der Waals surface area contributed by atoms with E-state index < -0.39 is 12.1 Å². The number of aryl methyl sites for hydroxylation is 1. The fraction of sp³-hybridized carbons (Fsp3) is 0.111. The lowest BCUT2D eigenvalue weighted by Gasteiger charge is -2.08. The molecule has 1 amide bonds. The van der Waals surface area contributed by atoms with Crippen LogP contribution in [0.1, 0.15) is 16.7 Å². The SMILES string of the molecule is Cc1cc(/C=C(\NC(=O)OCc2ccccc2)C(=O)O)ccc1Br. The average molecular weight is 390 g/mol. The van der Waals surface area contributed by atoms with Crippen LogP contribution in [0.25, 0.3) is 6.08 Å². The number of nitrogens with one attached hydrogen (secondary N) is 1. The molecule has 0 radical (unpaired) electrons. The van der Waals surface area contributed by atoms with Crippen LogP contribution in [-0.2, 0) is 16.1 Å². The monoisotopic (exact) mass is 389 g/mol. The molecule has 0 unspecified atom stereocenters. The van der Waals surface area contributed by atoms with Gasteiger partial charge in [-0.3, -0.25) is 5.32 Å². The maximum Gasteiger partial charge on any atom is 0.412 e. The van der Waals surface area contributed by atoms with Gasteiger partial charge in [-0.05, 0) is 35.8 Å². The molecule has 124 valence electrons. The summed E-state index contributed by atoms with van der Waals surface area (Å²) in [4.78, 5) is 23.1. The van der Waals surface area contributed by atoms with Crippen molar-refractivity contribution in [3.8, 4) is 0 Å². The van der Waals surface area contributed by atoms with Gasteiger partial charge in [0.05, 0.1) is 0 Å². The third kappa shape index (κ3) is 5.24. The number of alkyl carbamates (subject to hydrolysis) is 1. The number of amides is 1. The molecule has 0 saturated heterocycles. The summed E-state index contributed by atoms with van der Waals surface area (Å²) in [5.41, 5.74) is 2.18. The van der Waals surface area contributed by atoms with E-state index >= 15 is 0 Å². The first-order valence-electron chi connectivity index (χ1n) is 7.14. The van der Waals surface area contributed by atoms with Crippen LogP contribution in [0.2, 0.25) is 0 Å². The zero-order valence-electron chi connectivity index (χ0n) is 13.0. The summed E-state index contributed by atoms with van der Waals surface area (Å²) in [5.74, 6) is -1.24. The van der Waals surface area contributed by atoms with Crippen LogP contribution in [0.5, 0.6) is 0 Å². The molecule has 0 aliphatic carbocycles. The Bertz CT molecular complexity index is 772. The molecule has 6 heteroatoms. The van der Waals surface area contributed by atoms with E-state index in [4.69, 9.17) is 4.74 Å². The molecular formula is C18H16BrNO4. The molecule has 5 nitrogen and oxygen atoms in total. The Hall–Kier alpha value is -2.60. The number of halogens is 1. The van der Waals surface area contributed by atoms with Crippen molar-refractivity contribution in [2.45, 2.75) is 13.5 Å². The second-order valence-electron chi connectivity index (χ2n) is 5.06. The van der Waals surface area contributed by atoms with Gasteiger partial charge in [-0.15, -0.1) is 0 Å². The molecule has 0 saturated carbocycles. The minimum absolute atomic E-state index is 0.0664. The topological polar surface area (TPSA) is 75.6 Å². The number of hydrogen-bond acceptors (Lipinski definition) is 3. The third-order valence-corrected chi connectivity index (χ3v) is 4.06. The molecule has 0 aliphatic rings. The van der Waals surface area contributed by atoms with Gasteiger partial charge in [-0.2, -0.15) is 0 Å². The first-order chi connectivity index (χ1) is 11.5. The van der Waals surface area contributed by atoms with Crippen LogP contribution in [0.4, 0.5) is 4.79 Å². The van der Waals surface area contributed by atoms with Crippen molar-refractivity contribution in [3.05, 3.63) is 75.4 Å². The molecule has 0 spiro atoms. The molecule has 2 rings (SSSR count). The van der Waals surface area contributed by atoms with Gasteiger partial charge in [0.2, 0.25) is 0 Å². The van der Waals surface area contributed by atoms with Gasteiger partial charge in [-0.1, -0.05) is 58.4 Å². The summed E-state index contributed by atoms with van der Waals surface area (Å²) in [6.45, 7) is 1.96. The van der Waals surface area contributed by atoms with Crippen molar-refractivity contribution in [3.63, 3.8) is 0 Å². The van der Waals surface area contributed by atoms with E-state index in [0.29, 0.717) is 5.56 Å². The van der Waals surface area contributed by atoms with Crippen molar-refractivity contribution < 1.29 is 19.4 Å². The van der Waals surface area contributed by atoms with Gasteiger partial charge in [0.15, 0.2) is 0 Å². The fourth-order valence-electron chi connectivity index (χ4n) is 1.94. The highest BCUT2D eigenvalue weighted by molar-refractivity contribution is 9.10. The molecule has 2 aromatic carbocycles. The number of carbonyl (C=O) groups is 2. The fourth-order valence-corrected chi connectivity index (χ4v) is 2.19. The van der Waals surface area contributed by atoms with Crippen LogP contribution >= 0.6 is 15.9 Å². The number of carboxylic acids is 1. The number of hydrogen-bond donors (Lipinski definition) is 2. The number of aliphatic carboxylic acids is 1. The van der Waals surface area contributed by atoms with Gasteiger partial charge in [0.25, 0.3) is 0 Å². The van der Waals surface area contributed by atoms with Gasteiger partial charge in [-0.25, -0.2) is 9.59 Å². The molecule has 0 heterocycles. The minimum Gasteiger partial charge on any atom is -0.477 e. The zero-order chi connectivity index (χ0) is 17.5. The highest BCUT2D eigenvalue weighted by Gasteiger charge is 2.13. The van der Waals surface area contributed by atoms with Crippen molar-refractivity contribution >= 4 is 34.1 Å². The normalized spacial score (nSPS) is 11.0. The van der Waals surface area contributed by atoms with E-state index in [1.165, 1.54) is 6.08 Å². The molecule has 2 aromatic rings. The summed E-state index contributed by atoms with van der Waals surface area (Å²) in [7, 11) is 0. The van der Waals surface area contributed by atoms with E-state index in [1.54, 1.807) is 6.07 Å². The predicted molar refractivity (Wildman–Crippen MR) is 94.3 cm³/mol. The smallest absolute Gasteiger partial charge is 0.412 e. The number of benzene rings is 2. The summed E-state index contributed by atoms with van der Waals surface area (Å²) in [6, 6.07) is 14.5. The molecule has 24 heavy (non-hydrogen) atoms. The highest BCUT2D eigenvalue weighted by Crippen LogP contribution is 2.18. The number of ether oxygens (including phenoxy) is 1. The quantitative estimate of drug-likeness (QED) is 0.754. The lowest BCUT2D eigenvalue weighted by Crippen LogP contribution is -2.27. The Kier molecular flexibility index (Phi) is 6.14. The van der Waals surface area contributed by atoms with Gasteiger partial charge in [0, 0.05) is 4.47 Å². The summed E-state index contributed by atoms with van der Waals surface area (Å²) in [6.07, 6.45) is 0.562. The maximum absolute atomic E-state index is 11.8. The van der Waals surface area contributed by atoms with E-state index in [1.807, 2.05) is 49.4 Å². The first-order valence-corrected chi connectivity index (χ1v) is 7.94. The van der Waals surface area contributed by atoms with Crippen molar-refractivity contribution in [2.75, 3.05) is 0 Å². The number of rotatable bonds is 5. The Morgan fingerprint density at radius 2 is 1.92 bits per heavy atom. The van der Waals surface area contributed by atoms with Crippen molar-refractivity contribution in [1.82, 2.24) is 5.32 Å². The first kappa shape index (κ1) is 17.7. The largest absolute Gasteiger partial charge is 0.477 e. The zero-order valence-corrected chi connectivity index (χ0v) is 14.5. The second-order valence-corrected chi connectivity index (χ2v) is 5.91. The molecular weight excluding hydrogens is 374 g/mol. The molecule has 2 N–H and O–H groups in total. The number of carbonyl (C=O) groups excluding carboxylic acids is 1. The van der Waals surface area contributed by atoms with Crippen LogP contribution < -0.4 is 5.32 Å². The minimum atomic E-state index is -1.24. The molecule has 0 bridgehead atoms. The average Bonchev–Trinajstić information content (AvgIpc) is 2.56. The molecule has 0 aromatic heterocycles. The van der Waals surface area contributed by atoms with Gasteiger partial charge in [0.1, 0.15) is 12.3 Å². The van der Waals surface area contributed by atoms with E-state index in [2.05, 4.69) is 21.2 Å². The second kappa shape index (κ2) is 8.31. The number of carboxylic acid groups (broad SMARTS) is 1. The van der Waals surface area contributed by atoms with Crippen molar-refractivity contribution in [2.24, 2.45) is 0 Å². The van der Waals surface area contributed by atoms with Crippen LogP contribution in [-0.4, -0.2) is 17.2 Å². The molecule has 0 aliphatic heterocycles. The Morgan fingerprint density at radius 1 is 1.21 bits per heavy atom. The molecule has 0 fully saturated rings. The predicted octanol–water partition coefficient (Wildman–Crippen LogP) is 4.11. The third-order valence-electron chi connectivity index (χ3n) is 3.17. The molecule has 0 atom stereocenters. The van der Waals surface area contributed by atoms with Crippen molar-refractivity contribution in [1.29, 1.82) is 0 Å². The Labute approximate surface area is 148 Å². The highest BCUT2D eigenvalue weighted by atomic mass is 79.9. The summed E-state index contributed by atoms with van der Waals surface area (Å²) >= 11 is 3.38. The Balaban J connectivity index is 2.04. The van der Waals surface area contributed by atoms with E-state index in [-0.39, 0.29) is 12.3 Å². The standard InChI is InChI=1S/C18H16BrNO4/c1-12-9-14(7-8-15(12)19)10-16(17(21)22)20-18(23)24-11-13-5-3-2-4-6-13/h2-10H,11H2,1H3,(H,20,23)(H,21,22)/b16-10-. The van der Waals surface area contributed by atoms with Gasteiger partial charge >= 0.3 is 12.1 Å². The van der Waals surface area contributed by atoms with Crippen LogP contribution in [0, 0.1) is 6.92 Å². The van der Waals surface area contributed by atoms with Gasteiger partial charge < -0.3 is 9.84 Å².